The van der Waals surface area contributed by atoms with Crippen LogP contribution in [0.3, 0.4) is 0 Å². The molecular formula is C22H26Cl2N2O8Pd. The van der Waals surface area contributed by atoms with Crippen molar-refractivity contribution in [3.63, 3.8) is 0 Å². The average Bonchev–Trinajstić information content (AvgIpc) is 2.70. The Labute approximate surface area is 227 Å². The Morgan fingerprint density at radius 2 is 1.71 bits per heavy atom. The van der Waals surface area contributed by atoms with Crippen molar-refractivity contribution in [2.45, 2.75) is 36.7 Å². The van der Waals surface area contributed by atoms with Crippen LogP contribution in [0.4, 0.5) is 0 Å². The van der Waals surface area contributed by atoms with Crippen molar-refractivity contribution in [2.24, 2.45) is 23.5 Å². The molecule has 0 bridgehead atoms. The first-order valence-corrected chi connectivity index (χ1v) is 10.4. The quantitative estimate of drug-likeness (QED) is 0.139. The monoisotopic (exact) mass is 622 g/mol. The second kappa shape index (κ2) is 10.4. The number of carbonyl (C=O) groups is 3. The minimum Gasteiger partial charge on any atom is -1.00 e. The van der Waals surface area contributed by atoms with Crippen molar-refractivity contribution in [2.75, 3.05) is 14.1 Å². The van der Waals surface area contributed by atoms with Gasteiger partial charge in [0.2, 0.25) is 5.91 Å². The zero-order valence-corrected chi connectivity index (χ0v) is 21.9. The molecule has 3 aliphatic rings. The number of nitrogens with one attached hydrogen (secondary N) is 1. The van der Waals surface area contributed by atoms with Crippen molar-refractivity contribution in [3.05, 3.63) is 34.9 Å². The van der Waals surface area contributed by atoms with E-state index in [9.17, 15) is 39.9 Å². The number of halogens is 2. The number of rotatable bonds is 2. The van der Waals surface area contributed by atoms with Gasteiger partial charge in [0.05, 0.1) is 26.1 Å². The molecule has 13 heteroatoms. The third kappa shape index (κ3) is 4.03. The van der Waals surface area contributed by atoms with E-state index in [-0.39, 0.29) is 56.5 Å². The third-order valence-electron chi connectivity index (χ3n) is 7.45. The molecule has 0 heterocycles. The van der Waals surface area contributed by atoms with Crippen molar-refractivity contribution < 1.29 is 90.1 Å². The van der Waals surface area contributed by atoms with E-state index >= 15 is 0 Å². The molecule has 3 aliphatic carbocycles. The number of nitrogens with two attached hydrogens (primary N) is 1. The number of Topliss-reactive ketones (excluding diaryl/α,β-unsaturated/α-hetero) is 2. The Kier molecular flexibility index (Phi) is 9.39. The Bertz CT molecular complexity index is 1080. The molecular weight excluding hydrogens is 598 g/mol. The summed E-state index contributed by atoms with van der Waals surface area (Å²) in [6, 6.07) is 3.31. The summed E-state index contributed by atoms with van der Waals surface area (Å²) in [6.45, 7) is 1.67. The number of hydrogen-bond acceptors (Lipinski definition) is 8. The Hall–Kier alpha value is -1.55. The number of amides is 1. The molecule has 1 aromatic rings. The van der Waals surface area contributed by atoms with E-state index in [1.165, 1.54) is 12.1 Å². The van der Waals surface area contributed by atoms with Gasteiger partial charge in [-0.25, -0.2) is 0 Å². The molecule has 0 radical (unpaired) electrons. The van der Waals surface area contributed by atoms with Crippen LogP contribution >= 0.6 is 0 Å². The number of aliphatic hydroxyl groups is 3. The number of phenolic OH excluding ortho intramolecular Hbond substituents is 1. The predicted molar refractivity (Wildman–Crippen MR) is 107 cm³/mol. The first kappa shape index (κ1) is 31.5. The van der Waals surface area contributed by atoms with Crippen molar-refractivity contribution in [3.8, 4) is 5.75 Å². The van der Waals surface area contributed by atoms with Crippen LogP contribution in [-0.4, -0.2) is 75.8 Å². The van der Waals surface area contributed by atoms with Gasteiger partial charge in [0.15, 0.2) is 17.2 Å². The molecule has 2 saturated carbocycles. The van der Waals surface area contributed by atoms with Gasteiger partial charge in [-0.3, -0.25) is 14.4 Å². The van der Waals surface area contributed by atoms with Crippen LogP contribution in [-0.2, 0) is 34.8 Å². The van der Waals surface area contributed by atoms with Gasteiger partial charge in [-0.15, -0.1) is 0 Å². The summed E-state index contributed by atoms with van der Waals surface area (Å²) in [4.78, 5) is 39.3. The molecule has 4 unspecified atom stereocenters. The zero-order chi connectivity index (χ0) is 23.9. The van der Waals surface area contributed by atoms with Crippen molar-refractivity contribution >= 4 is 23.2 Å². The maximum Gasteiger partial charge on any atom is 2.00 e. The number of primary amides is 1. The number of phenols is 1. The van der Waals surface area contributed by atoms with Gasteiger partial charge in [-0.05, 0) is 23.1 Å². The fourth-order valence-corrected chi connectivity index (χ4v) is 6.02. The third-order valence-corrected chi connectivity index (χ3v) is 7.45. The van der Waals surface area contributed by atoms with Gasteiger partial charge >= 0.3 is 20.4 Å². The van der Waals surface area contributed by atoms with Crippen LogP contribution in [0.1, 0.15) is 24.0 Å². The molecule has 8 atom stereocenters. The maximum atomic E-state index is 13.6. The SMILES string of the molecule is C[C@H]1c2cccc(O)c2C([O-])=C2C(=O)[C@]3(O)C(=O)C(C(N)=O)C(O)[C@@H]([NH+](C)C)C3[C@@H](O)C21.[Cl-].[Cl-].[Pd+2]. The second-order valence-electron chi connectivity index (χ2n) is 9.25. The van der Waals surface area contributed by atoms with Gasteiger partial charge in [-0.1, -0.05) is 24.8 Å². The van der Waals surface area contributed by atoms with Gasteiger partial charge in [-0.2, -0.15) is 0 Å². The number of aromatic hydroxyl groups is 1. The summed E-state index contributed by atoms with van der Waals surface area (Å²) in [5.74, 6) is -10.1. The predicted octanol–water partition coefficient (Wildman–Crippen LogP) is -9.95. The van der Waals surface area contributed by atoms with Gasteiger partial charge in [0, 0.05) is 11.5 Å². The fourth-order valence-electron chi connectivity index (χ4n) is 6.02. The molecule has 7 N–H and O–H groups in total. The average molecular weight is 624 g/mol. The van der Waals surface area contributed by atoms with Crippen LogP contribution in [0.2, 0.25) is 0 Å². The van der Waals surface area contributed by atoms with E-state index in [1.807, 2.05) is 0 Å². The summed E-state index contributed by atoms with van der Waals surface area (Å²) >= 11 is 0. The summed E-state index contributed by atoms with van der Waals surface area (Å²) in [7, 11) is 3.17. The van der Waals surface area contributed by atoms with Crippen LogP contribution in [0.5, 0.6) is 5.75 Å². The zero-order valence-electron chi connectivity index (χ0n) is 18.8. The van der Waals surface area contributed by atoms with Gasteiger partial charge < -0.3 is 61.0 Å². The number of quaternary nitrogens is 1. The van der Waals surface area contributed by atoms with Crippen LogP contribution in [0.15, 0.2) is 23.8 Å². The fraction of sp³-hybridized carbons (Fsp3) is 0.500. The number of likely N-dealkylation sites (N-methyl/N-ethyl adjacent to an activating group) is 1. The molecule has 196 valence electrons. The second-order valence-corrected chi connectivity index (χ2v) is 9.25. The topological polar surface area (TPSA) is 186 Å². The van der Waals surface area contributed by atoms with E-state index in [0.717, 1.165) is 0 Å². The van der Waals surface area contributed by atoms with E-state index in [4.69, 9.17) is 5.73 Å². The van der Waals surface area contributed by atoms with Crippen LogP contribution in [0, 0.1) is 17.8 Å². The molecule has 35 heavy (non-hydrogen) atoms. The number of hydrogen-bond donors (Lipinski definition) is 6. The van der Waals surface area contributed by atoms with E-state index in [0.29, 0.717) is 10.5 Å². The number of benzene rings is 1. The maximum absolute atomic E-state index is 13.6. The normalized spacial score (nSPS) is 35.6. The van der Waals surface area contributed by atoms with Gasteiger partial charge in [0.25, 0.3) is 0 Å². The molecule has 2 fully saturated rings. The van der Waals surface area contributed by atoms with Gasteiger partial charge in [0.1, 0.15) is 23.8 Å². The molecule has 4 rings (SSSR count). The number of aliphatic hydroxyl groups excluding tert-OH is 2. The molecule has 0 aliphatic heterocycles. The number of fused-ring (bicyclic) bond motifs is 3. The first-order valence-electron chi connectivity index (χ1n) is 10.4. The van der Waals surface area contributed by atoms with Crippen LogP contribution in [0.25, 0.3) is 5.76 Å². The molecule has 0 spiro atoms. The first-order chi connectivity index (χ1) is 14.9. The van der Waals surface area contributed by atoms with E-state index < -0.39 is 76.3 Å². The number of carbonyl (C=O) groups excluding carboxylic acids is 3. The summed E-state index contributed by atoms with van der Waals surface area (Å²) in [5, 5.41) is 57.3. The van der Waals surface area contributed by atoms with E-state index in [1.54, 1.807) is 27.1 Å². The molecule has 0 aromatic heterocycles. The molecule has 10 nitrogen and oxygen atoms in total. The molecule has 1 amide bonds. The number of ketones is 2. The Balaban J connectivity index is 0.00000204. The van der Waals surface area contributed by atoms with Crippen molar-refractivity contribution in [1.82, 2.24) is 0 Å². The summed E-state index contributed by atoms with van der Waals surface area (Å²) in [6.07, 6.45) is -3.22. The molecule has 0 saturated heterocycles. The van der Waals surface area contributed by atoms with Crippen LogP contribution < -0.4 is 40.6 Å². The summed E-state index contributed by atoms with van der Waals surface area (Å²) in [5.41, 5.74) is 2.18. The Morgan fingerprint density at radius 1 is 1.14 bits per heavy atom. The standard InChI is InChI=1S/C22H26N2O8.2ClH.Pd/c1-7-8-5-4-6-9(25)11(8)16(26)12-10(7)17(27)14-15(24(2)3)18(28)13(21(23)31)20(30)22(14,32)19(12)29;;;/h4-7,10,13-15,17-18,25-28,32H,1-3H3,(H2,23,31);2*1H;/q;;;+2/p-2/t7-,10?,13?,14?,15-,17-,18?,22-;;;/m0.../s1. The minimum absolute atomic E-state index is 0. The van der Waals surface area contributed by atoms with Crippen molar-refractivity contribution in [1.29, 1.82) is 0 Å². The smallest absolute Gasteiger partial charge is 1.00 e. The minimum atomic E-state index is -2.93. The summed E-state index contributed by atoms with van der Waals surface area (Å²) < 4.78 is 0. The Morgan fingerprint density at radius 3 is 2.23 bits per heavy atom. The van der Waals surface area contributed by atoms with E-state index in [2.05, 4.69) is 0 Å². The molecule has 1 aromatic carbocycles. The largest absolute Gasteiger partial charge is 2.00 e.